The van der Waals surface area contributed by atoms with Gasteiger partial charge < -0.3 is 9.47 Å². The first-order valence-electron chi connectivity index (χ1n) is 4.75. The van der Waals surface area contributed by atoms with E-state index in [-0.39, 0.29) is 6.61 Å². The highest BCUT2D eigenvalue weighted by Gasteiger charge is 2.48. The standard InChI is InChI=1S/C8H11F3O6S/c1-7(2)15-4-6(17-7)5(12)3-16-18(13,14)8(9,10)11/h6H,3-4H2,1-2H3/t6-/m0/s1. The number of hydrogen-bond acceptors (Lipinski definition) is 6. The van der Waals surface area contributed by atoms with Crippen LogP contribution < -0.4 is 0 Å². The molecule has 0 aromatic rings. The van der Waals surface area contributed by atoms with Crippen LogP contribution in [0, 0.1) is 0 Å². The lowest BCUT2D eigenvalue weighted by atomic mass is 10.2. The van der Waals surface area contributed by atoms with E-state index in [9.17, 15) is 26.4 Å². The Bertz CT molecular complexity index is 427. The van der Waals surface area contributed by atoms with Crippen LogP contribution in [0.5, 0.6) is 0 Å². The van der Waals surface area contributed by atoms with Crippen LogP contribution in [0.3, 0.4) is 0 Å². The van der Waals surface area contributed by atoms with Crippen LogP contribution in [-0.2, 0) is 28.6 Å². The van der Waals surface area contributed by atoms with Gasteiger partial charge >= 0.3 is 15.6 Å². The summed E-state index contributed by atoms with van der Waals surface area (Å²) in [6, 6.07) is 0. The second kappa shape index (κ2) is 4.76. The number of Topliss-reactive ketones (excluding diaryl/α,β-unsaturated/α-hetero) is 1. The van der Waals surface area contributed by atoms with Gasteiger partial charge in [0.2, 0.25) is 0 Å². The van der Waals surface area contributed by atoms with Gasteiger partial charge in [-0.05, 0) is 13.8 Å². The van der Waals surface area contributed by atoms with Crippen LogP contribution in [0.15, 0.2) is 0 Å². The number of ether oxygens (including phenoxy) is 2. The molecule has 0 aromatic carbocycles. The summed E-state index contributed by atoms with van der Waals surface area (Å²) < 4.78 is 70.4. The van der Waals surface area contributed by atoms with Crippen molar-refractivity contribution in [3.05, 3.63) is 0 Å². The molecule has 1 rings (SSSR count). The van der Waals surface area contributed by atoms with E-state index in [0.717, 1.165) is 0 Å². The van der Waals surface area contributed by atoms with E-state index in [1.165, 1.54) is 13.8 Å². The number of carbonyl (C=O) groups excluding carboxylic acids is 1. The molecular formula is C8H11F3O6S. The van der Waals surface area contributed by atoms with E-state index in [2.05, 4.69) is 4.18 Å². The molecule has 1 fully saturated rings. The first kappa shape index (κ1) is 15.3. The van der Waals surface area contributed by atoms with E-state index in [1.807, 2.05) is 0 Å². The fourth-order valence-electron chi connectivity index (χ4n) is 1.14. The maximum absolute atomic E-state index is 11.9. The molecule has 6 nitrogen and oxygen atoms in total. The molecule has 0 saturated carbocycles. The molecule has 1 atom stereocenters. The third kappa shape index (κ3) is 3.64. The Morgan fingerprint density at radius 1 is 1.44 bits per heavy atom. The van der Waals surface area contributed by atoms with Crippen LogP contribution in [0.2, 0.25) is 0 Å². The Balaban J connectivity index is 2.54. The smallest absolute Gasteiger partial charge is 0.347 e. The number of alkyl halides is 3. The summed E-state index contributed by atoms with van der Waals surface area (Å²) in [6.45, 7) is 1.61. The lowest BCUT2D eigenvalue weighted by Gasteiger charge is -2.16. The third-order valence-electron chi connectivity index (χ3n) is 2.01. The van der Waals surface area contributed by atoms with Crippen LogP contribution in [0.4, 0.5) is 13.2 Å². The molecule has 0 aliphatic carbocycles. The van der Waals surface area contributed by atoms with Gasteiger partial charge in [0.05, 0.1) is 6.61 Å². The number of halogens is 3. The van der Waals surface area contributed by atoms with Crippen molar-refractivity contribution in [3.63, 3.8) is 0 Å². The van der Waals surface area contributed by atoms with Crippen molar-refractivity contribution in [2.75, 3.05) is 13.2 Å². The summed E-state index contributed by atoms with van der Waals surface area (Å²) in [6.07, 6.45) is -1.14. The summed E-state index contributed by atoms with van der Waals surface area (Å²) in [5.74, 6) is -1.98. The number of carbonyl (C=O) groups is 1. The summed E-state index contributed by atoms with van der Waals surface area (Å²) in [5, 5.41) is 0. The third-order valence-corrected chi connectivity index (χ3v) is 3.00. The zero-order valence-corrected chi connectivity index (χ0v) is 10.3. The normalized spacial score (nSPS) is 24.2. The average molecular weight is 292 g/mol. The van der Waals surface area contributed by atoms with Gasteiger partial charge in [0.1, 0.15) is 12.7 Å². The van der Waals surface area contributed by atoms with Gasteiger partial charge in [0.15, 0.2) is 11.6 Å². The highest BCUT2D eigenvalue weighted by Crippen LogP contribution is 2.26. The van der Waals surface area contributed by atoms with Crippen molar-refractivity contribution in [2.45, 2.75) is 31.2 Å². The monoisotopic (exact) mass is 292 g/mol. The van der Waals surface area contributed by atoms with E-state index in [4.69, 9.17) is 9.47 Å². The van der Waals surface area contributed by atoms with Crippen LogP contribution in [0.25, 0.3) is 0 Å². The molecule has 0 radical (unpaired) electrons. The van der Waals surface area contributed by atoms with Crippen molar-refractivity contribution >= 4 is 15.9 Å². The zero-order chi connectivity index (χ0) is 14.2. The molecule has 0 amide bonds. The van der Waals surface area contributed by atoms with Gasteiger partial charge in [0.25, 0.3) is 0 Å². The first-order valence-corrected chi connectivity index (χ1v) is 6.16. The maximum atomic E-state index is 11.9. The van der Waals surface area contributed by atoms with Crippen molar-refractivity contribution in [1.82, 2.24) is 0 Å². The molecule has 106 valence electrons. The minimum absolute atomic E-state index is 0.165. The lowest BCUT2D eigenvalue weighted by molar-refractivity contribution is -0.153. The van der Waals surface area contributed by atoms with Gasteiger partial charge in [-0.15, -0.1) is 0 Å². The number of rotatable bonds is 4. The molecule has 1 heterocycles. The van der Waals surface area contributed by atoms with E-state index >= 15 is 0 Å². The molecule has 0 unspecified atom stereocenters. The van der Waals surface area contributed by atoms with Gasteiger partial charge in [-0.3, -0.25) is 8.98 Å². The predicted molar refractivity (Wildman–Crippen MR) is 50.8 cm³/mol. The van der Waals surface area contributed by atoms with E-state index in [1.54, 1.807) is 0 Å². The Labute approximate surface area is 101 Å². The highest BCUT2D eigenvalue weighted by atomic mass is 32.2. The SMILES string of the molecule is CC1(C)OC[C@@H](C(=O)COS(=O)(=O)C(F)(F)F)O1. The molecule has 18 heavy (non-hydrogen) atoms. The Morgan fingerprint density at radius 3 is 2.39 bits per heavy atom. The average Bonchev–Trinajstić information content (AvgIpc) is 2.53. The molecule has 0 aromatic heterocycles. The van der Waals surface area contributed by atoms with Crippen LogP contribution in [-0.4, -0.2) is 44.8 Å². The van der Waals surface area contributed by atoms with Crippen molar-refractivity contribution in [1.29, 1.82) is 0 Å². The topological polar surface area (TPSA) is 78.9 Å². The summed E-state index contributed by atoms with van der Waals surface area (Å²) >= 11 is 0. The minimum Gasteiger partial charge on any atom is -0.347 e. The number of hydrogen-bond donors (Lipinski definition) is 0. The highest BCUT2D eigenvalue weighted by molar-refractivity contribution is 7.87. The maximum Gasteiger partial charge on any atom is 0.523 e. The first-order chi connectivity index (χ1) is 7.95. The molecule has 0 N–H and O–H groups in total. The molecule has 1 saturated heterocycles. The number of ketones is 1. The van der Waals surface area contributed by atoms with Crippen molar-refractivity contribution < 1.29 is 40.0 Å². The fraction of sp³-hybridized carbons (Fsp3) is 0.875. The van der Waals surface area contributed by atoms with Crippen molar-refractivity contribution in [3.8, 4) is 0 Å². The minimum atomic E-state index is -5.77. The van der Waals surface area contributed by atoms with Gasteiger partial charge in [-0.2, -0.15) is 21.6 Å². The Morgan fingerprint density at radius 2 is 2.00 bits per heavy atom. The van der Waals surface area contributed by atoms with E-state index < -0.39 is 39.9 Å². The van der Waals surface area contributed by atoms with E-state index in [0.29, 0.717) is 0 Å². The summed E-state index contributed by atoms with van der Waals surface area (Å²) in [5.41, 5.74) is -5.56. The predicted octanol–water partition coefficient (Wildman–Crippen LogP) is 0.573. The Kier molecular flexibility index (Phi) is 4.06. The second-order valence-electron chi connectivity index (χ2n) is 3.95. The van der Waals surface area contributed by atoms with Crippen LogP contribution in [0.1, 0.15) is 13.8 Å². The summed E-state index contributed by atoms with van der Waals surface area (Å²) in [7, 11) is -5.77. The summed E-state index contributed by atoms with van der Waals surface area (Å²) in [4.78, 5) is 11.3. The molecular weight excluding hydrogens is 281 g/mol. The molecule has 1 aliphatic heterocycles. The molecule has 10 heteroatoms. The van der Waals surface area contributed by atoms with Gasteiger partial charge in [-0.1, -0.05) is 0 Å². The quantitative estimate of drug-likeness (QED) is 0.557. The van der Waals surface area contributed by atoms with Crippen molar-refractivity contribution in [2.24, 2.45) is 0 Å². The van der Waals surface area contributed by atoms with Crippen LogP contribution >= 0.6 is 0 Å². The largest absolute Gasteiger partial charge is 0.523 e. The second-order valence-corrected chi connectivity index (χ2v) is 5.55. The lowest BCUT2D eigenvalue weighted by Crippen LogP contribution is -2.33. The molecule has 1 aliphatic rings. The molecule has 0 spiro atoms. The Hall–Kier alpha value is -0.710. The fourth-order valence-corrected chi connectivity index (χ4v) is 1.55. The van der Waals surface area contributed by atoms with Gasteiger partial charge in [0, 0.05) is 0 Å². The zero-order valence-electron chi connectivity index (χ0n) is 9.48. The molecule has 0 bridgehead atoms. The van der Waals surface area contributed by atoms with Gasteiger partial charge in [-0.25, -0.2) is 0 Å².